The van der Waals surface area contributed by atoms with Crippen LogP contribution < -0.4 is 0 Å². The first-order chi connectivity index (χ1) is 8.85. The molecule has 0 spiro atoms. The molecule has 0 aliphatic rings. The molecular weight excluding hydrogens is 343 g/mol. The van der Waals surface area contributed by atoms with Crippen LogP contribution in [0, 0.1) is 6.92 Å². The Morgan fingerprint density at radius 3 is 1.14 bits per heavy atom. The number of halogens is 13. The van der Waals surface area contributed by atoms with Gasteiger partial charge in [0.1, 0.15) is 6.17 Å². The minimum absolute atomic E-state index is 1.80. The van der Waals surface area contributed by atoms with Gasteiger partial charge in [-0.05, 0) is 6.92 Å². The van der Waals surface area contributed by atoms with Crippen molar-refractivity contribution in [2.24, 2.45) is 0 Å². The van der Waals surface area contributed by atoms with Gasteiger partial charge in [0.15, 0.2) is 0 Å². The third-order valence-electron chi connectivity index (χ3n) is 2.23. The second kappa shape index (κ2) is 5.07. The van der Waals surface area contributed by atoms with Gasteiger partial charge in [0, 0.05) is 0 Å². The largest absolute Gasteiger partial charge is 0.460 e. The van der Waals surface area contributed by atoms with Crippen LogP contribution in [0.1, 0.15) is 0 Å². The first-order valence-electron chi connectivity index (χ1n) is 4.55. The van der Waals surface area contributed by atoms with Crippen molar-refractivity contribution in [3.63, 3.8) is 0 Å². The molecule has 13 heteroatoms. The molecule has 0 rings (SSSR count). The molecule has 0 aliphatic heterocycles. The van der Waals surface area contributed by atoms with Crippen molar-refractivity contribution in [2.45, 2.75) is 42.2 Å². The molecule has 2 atom stereocenters. The predicted octanol–water partition coefficient (Wildman–Crippen LogP) is 4.60. The molecule has 21 heavy (non-hydrogen) atoms. The van der Waals surface area contributed by atoms with E-state index in [1.165, 1.54) is 0 Å². The zero-order valence-electron chi connectivity index (χ0n) is 9.28. The zero-order chi connectivity index (χ0) is 17.7. The summed E-state index contributed by atoms with van der Waals surface area (Å²) in [6, 6.07) is 0. The molecule has 0 fully saturated rings. The maximum atomic E-state index is 12.7. The summed E-state index contributed by atoms with van der Waals surface area (Å²) >= 11 is 0. The molecule has 1 radical (unpaired) electrons. The van der Waals surface area contributed by atoms with Crippen LogP contribution in [-0.2, 0) is 0 Å². The van der Waals surface area contributed by atoms with Crippen LogP contribution in [0.25, 0.3) is 0 Å². The molecule has 0 nitrogen and oxygen atoms in total. The second-order valence-corrected chi connectivity index (χ2v) is 3.76. The lowest BCUT2D eigenvalue weighted by Crippen LogP contribution is -2.68. The highest BCUT2D eigenvalue weighted by Gasteiger charge is 2.88. The fraction of sp³-hybridized carbons (Fsp3) is 0.875. The Morgan fingerprint density at radius 2 is 0.905 bits per heavy atom. The van der Waals surface area contributed by atoms with Gasteiger partial charge in [-0.2, -0.15) is 48.3 Å². The SMILES string of the molecule is [CH2]C(F)C(F)C(F)(F)C(F)(F)C(F)(F)C(F)(F)C(F)(F)F. The van der Waals surface area contributed by atoms with Gasteiger partial charge in [-0.1, -0.05) is 0 Å². The molecule has 0 aromatic carbocycles. The Balaban J connectivity index is 6.01. The molecule has 127 valence electrons. The van der Waals surface area contributed by atoms with Crippen LogP contribution in [0.3, 0.4) is 0 Å². The lowest BCUT2D eigenvalue weighted by atomic mass is 9.94. The smallest absolute Gasteiger partial charge is 0.244 e. The normalized spacial score (nSPS) is 18.6. The quantitative estimate of drug-likeness (QED) is 0.638. The van der Waals surface area contributed by atoms with Crippen LogP contribution in [0.5, 0.6) is 0 Å². The van der Waals surface area contributed by atoms with Gasteiger partial charge in [-0.25, -0.2) is 8.78 Å². The summed E-state index contributed by atoms with van der Waals surface area (Å²) in [4.78, 5) is 0. The number of alkyl halides is 13. The molecule has 0 aromatic heterocycles. The maximum Gasteiger partial charge on any atom is 0.460 e. The lowest BCUT2D eigenvalue weighted by Gasteiger charge is -2.38. The van der Waals surface area contributed by atoms with Crippen LogP contribution in [0.4, 0.5) is 57.1 Å². The van der Waals surface area contributed by atoms with Gasteiger partial charge >= 0.3 is 29.9 Å². The molecular formula is C8H4F13. The van der Waals surface area contributed by atoms with Crippen molar-refractivity contribution in [3.05, 3.63) is 6.92 Å². The van der Waals surface area contributed by atoms with Gasteiger partial charge in [0.2, 0.25) is 6.17 Å². The number of hydrogen-bond donors (Lipinski definition) is 0. The minimum atomic E-state index is -7.75. The molecule has 2 unspecified atom stereocenters. The third-order valence-corrected chi connectivity index (χ3v) is 2.23. The molecule has 0 bridgehead atoms. The van der Waals surface area contributed by atoms with E-state index in [1.807, 2.05) is 0 Å². The molecule has 0 saturated heterocycles. The number of hydrogen-bond acceptors (Lipinski definition) is 0. The standard InChI is InChI=1S/C8H4F13/c1-2(9)3(10)4(11,12)5(13,14)6(15,16)7(17,18)8(19,20)21/h2-3H,1H2. The fourth-order valence-electron chi connectivity index (χ4n) is 0.985. The zero-order valence-corrected chi connectivity index (χ0v) is 9.28. The van der Waals surface area contributed by atoms with Gasteiger partial charge in [-0.3, -0.25) is 0 Å². The predicted molar refractivity (Wildman–Crippen MR) is 41.0 cm³/mol. The average molecular weight is 347 g/mol. The van der Waals surface area contributed by atoms with Crippen molar-refractivity contribution in [1.82, 2.24) is 0 Å². The summed E-state index contributed by atoms with van der Waals surface area (Å²) in [5, 5.41) is 0. The van der Waals surface area contributed by atoms with Gasteiger partial charge in [0.05, 0.1) is 0 Å². The Morgan fingerprint density at radius 1 is 0.571 bits per heavy atom. The minimum Gasteiger partial charge on any atom is -0.244 e. The van der Waals surface area contributed by atoms with E-state index in [1.54, 1.807) is 6.92 Å². The number of rotatable bonds is 5. The van der Waals surface area contributed by atoms with E-state index in [2.05, 4.69) is 0 Å². The topological polar surface area (TPSA) is 0 Å². The van der Waals surface area contributed by atoms with Crippen molar-refractivity contribution < 1.29 is 57.1 Å². The third kappa shape index (κ3) is 2.74. The summed E-state index contributed by atoms with van der Waals surface area (Å²) in [5.74, 6) is -29.8. The summed E-state index contributed by atoms with van der Waals surface area (Å²) in [6.07, 6.45) is -16.0. The highest BCUT2D eigenvalue weighted by atomic mass is 19.4. The highest BCUT2D eigenvalue weighted by molar-refractivity contribution is 5.09. The van der Waals surface area contributed by atoms with E-state index in [4.69, 9.17) is 0 Å². The van der Waals surface area contributed by atoms with Crippen LogP contribution in [0.2, 0.25) is 0 Å². The fourth-order valence-corrected chi connectivity index (χ4v) is 0.985. The van der Waals surface area contributed by atoms with Crippen molar-refractivity contribution in [1.29, 1.82) is 0 Å². The summed E-state index contributed by atoms with van der Waals surface area (Å²) < 4.78 is 160. The van der Waals surface area contributed by atoms with E-state index in [-0.39, 0.29) is 0 Å². The first kappa shape index (κ1) is 20.1. The molecule has 0 saturated carbocycles. The van der Waals surface area contributed by atoms with E-state index in [0.29, 0.717) is 0 Å². The van der Waals surface area contributed by atoms with Crippen LogP contribution in [0.15, 0.2) is 0 Å². The Labute approximate surface area is 107 Å². The molecule has 0 heterocycles. The average Bonchev–Trinajstić information content (AvgIpc) is 2.25. The van der Waals surface area contributed by atoms with E-state index in [9.17, 15) is 57.1 Å². The van der Waals surface area contributed by atoms with Crippen LogP contribution >= 0.6 is 0 Å². The van der Waals surface area contributed by atoms with E-state index < -0.39 is 42.2 Å². The Bertz CT molecular complexity index is 365. The van der Waals surface area contributed by atoms with E-state index in [0.717, 1.165) is 0 Å². The van der Waals surface area contributed by atoms with Gasteiger partial charge < -0.3 is 0 Å². The van der Waals surface area contributed by atoms with Crippen molar-refractivity contribution in [3.8, 4) is 0 Å². The molecule has 0 aliphatic carbocycles. The van der Waals surface area contributed by atoms with E-state index >= 15 is 0 Å². The maximum absolute atomic E-state index is 12.7. The van der Waals surface area contributed by atoms with Crippen molar-refractivity contribution >= 4 is 0 Å². The summed E-state index contributed by atoms with van der Waals surface area (Å²) in [5.41, 5.74) is 0. The lowest BCUT2D eigenvalue weighted by molar-refractivity contribution is -0.427. The van der Waals surface area contributed by atoms with Gasteiger partial charge in [0.25, 0.3) is 0 Å². The Hall–Kier alpha value is -0.910. The van der Waals surface area contributed by atoms with Crippen molar-refractivity contribution in [2.75, 3.05) is 0 Å². The Kier molecular flexibility index (Phi) is 4.85. The molecule has 0 aromatic rings. The highest BCUT2D eigenvalue weighted by Crippen LogP contribution is 2.58. The molecule has 0 N–H and O–H groups in total. The van der Waals surface area contributed by atoms with Gasteiger partial charge in [-0.15, -0.1) is 0 Å². The first-order valence-corrected chi connectivity index (χ1v) is 4.55. The summed E-state index contributed by atoms with van der Waals surface area (Å²) in [6.45, 7) is 1.80. The molecule has 0 amide bonds. The second-order valence-electron chi connectivity index (χ2n) is 3.76. The monoisotopic (exact) mass is 347 g/mol. The van der Waals surface area contributed by atoms with Crippen LogP contribution in [-0.4, -0.2) is 42.2 Å². The summed E-state index contributed by atoms with van der Waals surface area (Å²) in [7, 11) is 0.